The Balaban J connectivity index is 1.79. The largest absolute Gasteiger partial charge is 0.352 e. The molecule has 0 radical (unpaired) electrons. The molecule has 184 valence electrons. The molecule has 1 aliphatic rings. The molecule has 34 heavy (non-hydrogen) atoms. The van der Waals surface area contributed by atoms with E-state index in [0.717, 1.165) is 35.6 Å². The lowest BCUT2D eigenvalue weighted by Gasteiger charge is -2.31. The Hall–Kier alpha value is -2.13. The predicted octanol–water partition coefficient (Wildman–Crippen LogP) is 4.09. The summed E-state index contributed by atoms with van der Waals surface area (Å²) < 4.78 is 26.9. The van der Waals surface area contributed by atoms with Gasteiger partial charge in [-0.15, -0.1) is 0 Å². The number of nitrogens with zero attached hydrogens (tertiary/aromatic N) is 2. The van der Waals surface area contributed by atoms with Gasteiger partial charge in [-0.25, -0.2) is 8.42 Å². The summed E-state index contributed by atoms with van der Waals surface area (Å²) in [6, 6.07) is 12.1. The second-order valence-corrected chi connectivity index (χ2v) is 11.5. The number of nitrogens with one attached hydrogen (secondary N) is 1. The molecular formula is C24H29Cl2N3O4S. The molecule has 2 aromatic rings. The highest BCUT2D eigenvalue weighted by atomic mass is 35.5. The van der Waals surface area contributed by atoms with Crippen LogP contribution in [0.25, 0.3) is 0 Å². The maximum Gasteiger partial charge on any atom is 0.243 e. The minimum atomic E-state index is -3.92. The van der Waals surface area contributed by atoms with Gasteiger partial charge in [0.25, 0.3) is 0 Å². The van der Waals surface area contributed by atoms with E-state index in [0.29, 0.717) is 10.0 Å². The Labute approximate surface area is 211 Å². The lowest BCUT2D eigenvalue weighted by Crippen LogP contribution is -2.52. The Bertz CT molecular complexity index is 1120. The normalized spacial score (nSPS) is 15.3. The molecule has 1 atom stereocenters. The predicted molar refractivity (Wildman–Crippen MR) is 133 cm³/mol. The topological polar surface area (TPSA) is 86.8 Å². The molecule has 0 saturated heterocycles. The first-order valence-corrected chi connectivity index (χ1v) is 13.3. The minimum absolute atomic E-state index is 0.0283. The van der Waals surface area contributed by atoms with E-state index in [1.54, 1.807) is 25.1 Å². The second kappa shape index (κ2) is 11.5. The Morgan fingerprint density at radius 1 is 1.06 bits per heavy atom. The monoisotopic (exact) mass is 525 g/mol. The first-order chi connectivity index (χ1) is 16.1. The molecule has 3 rings (SSSR count). The molecule has 7 nitrogen and oxygen atoms in total. The maximum atomic E-state index is 13.3. The van der Waals surface area contributed by atoms with E-state index in [1.807, 2.05) is 6.07 Å². The van der Waals surface area contributed by atoms with Gasteiger partial charge in [-0.2, -0.15) is 4.31 Å². The quantitative estimate of drug-likeness (QED) is 0.534. The van der Waals surface area contributed by atoms with E-state index in [1.165, 1.54) is 36.2 Å². The van der Waals surface area contributed by atoms with Gasteiger partial charge in [0.2, 0.25) is 21.8 Å². The number of hydrogen-bond donors (Lipinski definition) is 1. The van der Waals surface area contributed by atoms with Crippen LogP contribution in [0.4, 0.5) is 0 Å². The number of sulfonamides is 1. The van der Waals surface area contributed by atoms with Crippen molar-refractivity contribution in [3.05, 3.63) is 64.1 Å². The van der Waals surface area contributed by atoms with Gasteiger partial charge >= 0.3 is 0 Å². The SMILES string of the molecule is C[C@H](C(=O)NC1CCCC1)N(Cc1cccc(Cl)c1)C(=O)CN(C)S(=O)(=O)c1ccc(Cl)cc1. The summed E-state index contributed by atoms with van der Waals surface area (Å²) in [5, 5.41) is 3.94. The molecule has 1 saturated carbocycles. The zero-order valence-electron chi connectivity index (χ0n) is 19.2. The van der Waals surface area contributed by atoms with E-state index in [4.69, 9.17) is 23.2 Å². The van der Waals surface area contributed by atoms with Crippen LogP contribution in [-0.4, -0.2) is 55.1 Å². The van der Waals surface area contributed by atoms with Crippen molar-refractivity contribution in [2.75, 3.05) is 13.6 Å². The van der Waals surface area contributed by atoms with E-state index in [9.17, 15) is 18.0 Å². The average Bonchev–Trinajstić information content (AvgIpc) is 3.30. The van der Waals surface area contributed by atoms with Crippen LogP contribution in [0.15, 0.2) is 53.4 Å². The van der Waals surface area contributed by atoms with Crippen molar-refractivity contribution >= 4 is 45.0 Å². The molecule has 10 heteroatoms. The lowest BCUT2D eigenvalue weighted by atomic mass is 10.1. The van der Waals surface area contributed by atoms with Gasteiger partial charge in [-0.3, -0.25) is 9.59 Å². The molecule has 0 aliphatic heterocycles. The zero-order chi connectivity index (χ0) is 24.9. The number of rotatable bonds is 9. The Morgan fingerprint density at radius 3 is 2.32 bits per heavy atom. The molecule has 0 aromatic heterocycles. The van der Waals surface area contributed by atoms with Gasteiger partial charge in [0.05, 0.1) is 11.4 Å². The first-order valence-electron chi connectivity index (χ1n) is 11.1. The van der Waals surface area contributed by atoms with Crippen molar-refractivity contribution in [3.63, 3.8) is 0 Å². The van der Waals surface area contributed by atoms with Crippen molar-refractivity contribution in [1.29, 1.82) is 0 Å². The summed E-state index contributed by atoms with van der Waals surface area (Å²) in [6.07, 6.45) is 3.97. The van der Waals surface area contributed by atoms with Crippen LogP contribution in [0, 0.1) is 0 Å². The fourth-order valence-electron chi connectivity index (χ4n) is 3.96. The maximum absolute atomic E-state index is 13.3. The van der Waals surface area contributed by atoms with Crippen LogP contribution >= 0.6 is 23.2 Å². The van der Waals surface area contributed by atoms with Gasteiger partial charge in [-0.05, 0) is 61.7 Å². The second-order valence-electron chi connectivity index (χ2n) is 8.53. The molecule has 0 bridgehead atoms. The van der Waals surface area contributed by atoms with E-state index in [2.05, 4.69) is 5.32 Å². The Morgan fingerprint density at radius 2 is 1.71 bits per heavy atom. The third-order valence-corrected chi connectivity index (χ3v) is 8.30. The zero-order valence-corrected chi connectivity index (χ0v) is 21.5. The van der Waals surface area contributed by atoms with Crippen molar-refractivity contribution in [3.8, 4) is 0 Å². The van der Waals surface area contributed by atoms with Gasteiger partial charge < -0.3 is 10.2 Å². The highest BCUT2D eigenvalue weighted by Crippen LogP contribution is 2.21. The van der Waals surface area contributed by atoms with Crippen LogP contribution in [0.5, 0.6) is 0 Å². The molecule has 2 amide bonds. The third-order valence-electron chi connectivity index (χ3n) is 5.99. The molecule has 0 heterocycles. The summed E-state index contributed by atoms with van der Waals surface area (Å²) in [5.41, 5.74) is 0.740. The first kappa shape index (κ1) is 26.5. The molecule has 2 aromatic carbocycles. The highest BCUT2D eigenvalue weighted by molar-refractivity contribution is 7.89. The van der Waals surface area contributed by atoms with Crippen molar-refractivity contribution in [2.24, 2.45) is 0 Å². The van der Waals surface area contributed by atoms with Crippen LogP contribution in [0.3, 0.4) is 0 Å². The molecule has 0 spiro atoms. The van der Waals surface area contributed by atoms with Gasteiger partial charge in [0, 0.05) is 29.7 Å². The smallest absolute Gasteiger partial charge is 0.243 e. The van der Waals surface area contributed by atoms with E-state index < -0.39 is 28.5 Å². The third kappa shape index (κ3) is 6.72. The number of carbonyl (C=O) groups excluding carboxylic acids is 2. The molecule has 1 aliphatic carbocycles. The van der Waals surface area contributed by atoms with Gasteiger partial charge in [-0.1, -0.05) is 48.2 Å². The van der Waals surface area contributed by atoms with Crippen LogP contribution < -0.4 is 5.32 Å². The van der Waals surface area contributed by atoms with Crippen molar-refractivity contribution in [2.45, 2.75) is 56.1 Å². The minimum Gasteiger partial charge on any atom is -0.352 e. The fourth-order valence-corrected chi connectivity index (χ4v) is 5.42. The highest BCUT2D eigenvalue weighted by Gasteiger charge is 2.31. The standard InChI is InChI=1S/C24H29Cl2N3O4S/c1-17(24(31)27-21-8-3-4-9-21)29(15-18-6-5-7-20(26)14-18)23(30)16-28(2)34(32,33)22-12-10-19(25)11-13-22/h5-7,10-14,17,21H,3-4,8-9,15-16H2,1-2H3,(H,27,31)/t17-/m1/s1. The van der Waals surface area contributed by atoms with Crippen LogP contribution in [0.2, 0.25) is 10.0 Å². The van der Waals surface area contributed by atoms with Gasteiger partial charge in [0.1, 0.15) is 6.04 Å². The summed E-state index contributed by atoms with van der Waals surface area (Å²) >= 11 is 12.0. The van der Waals surface area contributed by atoms with E-state index >= 15 is 0 Å². The number of hydrogen-bond acceptors (Lipinski definition) is 4. The molecule has 0 unspecified atom stereocenters. The summed E-state index contributed by atoms with van der Waals surface area (Å²) in [4.78, 5) is 27.7. The van der Waals surface area contributed by atoms with Crippen molar-refractivity contribution < 1.29 is 18.0 Å². The summed E-state index contributed by atoms with van der Waals surface area (Å²) in [6.45, 7) is 1.35. The number of benzene rings is 2. The van der Waals surface area contributed by atoms with Gasteiger partial charge in [0.15, 0.2) is 0 Å². The van der Waals surface area contributed by atoms with Crippen LogP contribution in [-0.2, 0) is 26.2 Å². The lowest BCUT2D eigenvalue weighted by molar-refractivity contribution is -0.140. The molecule has 1 fully saturated rings. The summed E-state index contributed by atoms with van der Waals surface area (Å²) in [5.74, 6) is -0.750. The summed E-state index contributed by atoms with van der Waals surface area (Å²) in [7, 11) is -2.59. The molecule has 1 N–H and O–H groups in total. The number of carbonyl (C=O) groups is 2. The van der Waals surface area contributed by atoms with Crippen molar-refractivity contribution in [1.82, 2.24) is 14.5 Å². The van der Waals surface area contributed by atoms with E-state index in [-0.39, 0.29) is 23.4 Å². The fraction of sp³-hybridized carbons (Fsp3) is 0.417. The molecular weight excluding hydrogens is 497 g/mol. The van der Waals surface area contributed by atoms with Crippen LogP contribution in [0.1, 0.15) is 38.2 Å². The average molecular weight is 526 g/mol. The number of likely N-dealkylation sites (N-methyl/N-ethyl adjacent to an activating group) is 1. The number of halogens is 2. The number of amides is 2. The Kier molecular flexibility index (Phi) is 8.98.